The van der Waals surface area contributed by atoms with Crippen molar-refractivity contribution in [3.8, 4) is 0 Å². The molecule has 1 rings (SSSR count). The molecule has 11 heavy (non-hydrogen) atoms. The van der Waals surface area contributed by atoms with Crippen LogP contribution in [0.25, 0.3) is 6.08 Å². The standard InChI is InChI=1S/C8H7F2N/c1-2-5-3-8(11)7(10)4-6(5)9/h2-4H,1,11H2. The van der Waals surface area contributed by atoms with Gasteiger partial charge in [0.15, 0.2) is 0 Å². The third kappa shape index (κ3) is 1.37. The lowest BCUT2D eigenvalue weighted by molar-refractivity contribution is 0.584. The van der Waals surface area contributed by atoms with Crippen LogP contribution in [0.4, 0.5) is 14.5 Å². The highest BCUT2D eigenvalue weighted by molar-refractivity contribution is 5.55. The van der Waals surface area contributed by atoms with Crippen molar-refractivity contribution < 1.29 is 8.78 Å². The molecule has 3 heteroatoms. The lowest BCUT2D eigenvalue weighted by atomic mass is 10.2. The first kappa shape index (κ1) is 7.72. The number of halogens is 2. The smallest absolute Gasteiger partial charge is 0.149 e. The molecule has 0 aromatic heterocycles. The first-order valence-corrected chi connectivity index (χ1v) is 3.02. The van der Waals surface area contributed by atoms with Gasteiger partial charge in [0, 0.05) is 11.6 Å². The van der Waals surface area contributed by atoms with Crippen molar-refractivity contribution >= 4 is 11.8 Å². The van der Waals surface area contributed by atoms with Crippen molar-refractivity contribution in [2.45, 2.75) is 0 Å². The van der Waals surface area contributed by atoms with Crippen molar-refractivity contribution in [1.82, 2.24) is 0 Å². The second-order valence-corrected chi connectivity index (χ2v) is 2.10. The number of anilines is 1. The van der Waals surface area contributed by atoms with Gasteiger partial charge in [-0.05, 0) is 6.07 Å². The zero-order valence-electron chi connectivity index (χ0n) is 5.77. The second-order valence-electron chi connectivity index (χ2n) is 2.10. The van der Waals surface area contributed by atoms with E-state index in [4.69, 9.17) is 5.73 Å². The Balaban J connectivity index is 3.31. The summed E-state index contributed by atoms with van der Waals surface area (Å²) in [5, 5.41) is 0. The minimum absolute atomic E-state index is 0.0682. The fourth-order valence-corrected chi connectivity index (χ4v) is 0.740. The Morgan fingerprint density at radius 3 is 2.45 bits per heavy atom. The Labute approximate surface area is 63.1 Å². The van der Waals surface area contributed by atoms with Crippen LogP contribution >= 0.6 is 0 Å². The fourth-order valence-electron chi connectivity index (χ4n) is 0.740. The van der Waals surface area contributed by atoms with E-state index < -0.39 is 11.6 Å². The molecule has 0 aliphatic rings. The van der Waals surface area contributed by atoms with Crippen molar-refractivity contribution in [3.05, 3.63) is 35.9 Å². The molecule has 1 aromatic carbocycles. The van der Waals surface area contributed by atoms with Gasteiger partial charge < -0.3 is 5.73 Å². The summed E-state index contributed by atoms with van der Waals surface area (Å²) in [7, 11) is 0. The van der Waals surface area contributed by atoms with Gasteiger partial charge >= 0.3 is 0 Å². The van der Waals surface area contributed by atoms with Gasteiger partial charge in [0.05, 0.1) is 5.69 Å². The van der Waals surface area contributed by atoms with Crippen LogP contribution in [0.2, 0.25) is 0 Å². The van der Waals surface area contributed by atoms with Gasteiger partial charge in [-0.15, -0.1) is 0 Å². The third-order valence-corrected chi connectivity index (χ3v) is 1.34. The number of nitrogen functional groups attached to an aromatic ring is 1. The van der Waals surface area contributed by atoms with E-state index in [-0.39, 0.29) is 11.3 Å². The van der Waals surface area contributed by atoms with Crippen LogP contribution in [0.3, 0.4) is 0 Å². The van der Waals surface area contributed by atoms with E-state index in [9.17, 15) is 8.78 Å². The molecule has 0 atom stereocenters. The summed E-state index contributed by atoms with van der Waals surface area (Å²) < 4.78 is 25.2. The van der Waals surface area contributed by atoms with Gasteiger partial charge in [-0.1, -0.05) is 12.7 Å². The summed E-state index contributed by atoms with van der Waals surface area (Å²) in [5.41, 5.74) is 5.32. The first-order chi connectivity index (χ1) is 5.15. The molecule has 0 unspecified atom stereocenters. The highest BCUT2D eigenvalue weighted by Gasteiger charge is 2.03. The van der Waals surface area contributed by atoms with E-state index in [1.165, 1.54) is 12.1 Å². The van der Waals surface area contributed by atoms with E-state index in [1.54, 1.807) is 0 Å². The average Bonchev–Trinajstić information content (AvgIpc) is 1.97. The maximum Gasteiger partial charge on any atom is 0.149 e. The maximum absolute atomic E-state index is 12.7. The van der Waals surface area contributed by atoms with Crippen molar-refractivity contribution in [2.24, 2.45) is 0 Å². The zero-order chi connectivity index (χ0) is 8.43. The summed E-state index contributed by atoms with van der Waals surface area (Å²) in [6.07, 6.45) is 1.28. The lowest BCUT2D eigenvalue weighted by Crippen LogP contribution is -1.93. The van der Waals surface area contributed by atoms with E-state index in [0.29, 0.717) is 0 Å². The molecule has 0 aliphatic heterocycles. The molecule has 0 amide bonds. The van der Waals surface area contributed by atoms with E-state index in [2.05, 4.69) is 6.58 Å². The summed E-state index contributed by atoms with van der Waals surface area (Å²) in [6.45, 7) is 3.34. The summed E-state index contributed by atoms with van der Waals surface area (Å²) in [4.78, 5) is 0. The maximum atomic E-state index is 12.7. The van der Waals surface area contributed by atoms with Crippen LogP contribution in [-0.2, 0) is 0 Å². The molecule has 58 valence electrons. The molecule has 0 spiro atoms. The van der Waals surface area contributed by atoms with Gasteiger partial charge in [0.2, 0.25) is 0 Å². The Bertz CT molecular complexity index is 294. The average molecular weight is 155 g/mol. The fraction of sp³-hybridized carbons (Fsp3) is 0. The normalized spacial score (nSPS) is 9.64. The van der Waals surface area contributed by atoms with Crippen molar-refractivity contribution in [1.29, 1.82) is 0 Å². The van der Waals surface area contributed by atoms with Crippen LogP contribution in [0, 0.1) is 11.6 Å². The van der Waals surface area contributed by atoms with Crippen LogP contribution in [0.15, 0.2) is 18.7 Å². The van der Waals surface area contributed by atoms with Crippen LogP contribution < -0.4 is 5.73 Å². The van der Waals surface area contributed by atoms with Gasteiger partial charge in [-0.25, -0.2) is 8.78 Å². The molecular weight excluding hydrogens is 148 g/mol. The van der Waals surface area contributed by atoms with Gasteiger partial charge in [-0.2, -0.15) is 0 Å². The predicted molar refractivity (Wildman–Crippen MR) is 40.9 cm³/mol. The van der Waals surface area contributed by atoms with Crippen LogP contribution in [0.1, 0.15) is 5.56 Å². The number of rotatable bonds is 1. The molecule has 0 bridgehead atoms. The van der Waals surface area contributed by atoms with Crippen LogP contribution in [0.5, 0.6) is 0 Å². The molecule has 1 aromatic rings. The largest absolute Gasteiger partial charge is 0.396 e. The zero-order valence-corrected chi connectivity index (χ0v) is 5.77. The molecule has 1 nitrogen and oxygen atoms in total. The number of nitrogens with two attached hydrogens (primary N) is 1. The van der Waals surface area contributed by atoms with E-state index in [1.807, 2.05) is 0 Å². The third-order valence-electron chi connectivity index (χ3n) is 1.34. The molecule has 0 saturated carbocycles. The molecule has 0 heterocycles. The second kappa shape index (κ2) is 2.70. The highest BCUT2D eigenvalue weighted by Crippen LogP contribution is 2.16. The molecule has 0 saturated heterocycles. The predicted octanol–water partition coefficient (Wildman–Crippen LogP) is 2.19. The Kier molecular flexibility index (Phi) is 1.89. The number of hydrogen-bond acceptors (Lipinski definition) is 1. The minimum Gasteiger partial charge on any atom is -0.396 e. The number of benzene rings is 1. The monoisotopic (exact) mass is 155 g/mol. The Morgan fingerprint density at radius 2 is 1.91 bits per heavy atom. The molecule has 2 N–H and O–H groups in total. The Morgan fingerprint density at radius 1 is 1.27 bits per heavy atom. The topological polar surface area (TPSA) is 26.0 Å². The van der Waals surface area contributed by atoms with Crippen LogP contribution in [-0.4, -0.2) is 0 Å². The van der Waals surface area contributed by atoms with Crippen molar-refractivity contribution in [3.63, 3.8) is 0 Å². The van der Waals surface area contributed by atoms with Gasteiger partial charge in [0.25, 0.3) is 0 Å². The summed E-state index contributed by atoms with van der Waals surface area (Å²) in [6, 6.07) is 1.95. The summed E-state index contributed by atoms with van der Waals surface area (Å²) in [5.74, 6) is -1.39. The molecular formula is C8H7F2N. The first-order valence-electron chi connectivity index (χ1n) is 3.02. The molecule has 0 fully saturated rings. The van der Waals surface area contributed by atoms with E-state index in [0.717, 1.165) is 6.07 Å². The summed E-state index contributed by atoms with van der Waals surface area (Å²) >= 11 is 0. The number of hydrogen-bond donors (Lipinski definition) is 1. The SMILES string of the molecule is C=Cc1cc(N)c(F)cc1F. The van der Waals surface area contributed by atoms with Gasteiger partial charge in [-0.3, -0.25) is 0 Å². The molecule has 0 radical (unpaired) electrons. The molecule has 0 aliphatic carbocycles. The Hall–Kier alpha value is -1.38. The lowest BCUT2D eigenvalue weighted by Gasteiger charge is -1.99. The minimum atomic E-state index is -0.742. The quantitative estimate of drug-likeness (QED) is 0.618. The van der Waals surface area contributed by atoms with Crippen molar-refractivity contribution in [2.75, 3.05) is 5.73 Å². The highest BCUT2D eigenvalue weighted by atomic mass is 19.1. The van der Waals surface area contributed by atoms with E-state index >= 15 is 0 Å². The van der Waals surface area contributed by atoms with Gasteiger partial charge in [0.1, 0.15) is 11.6 Å².